The molecule has 1 rings (SSSR count). The van der Waals surface area contributed by atoms with Crippen molar-refractivity contribution in [2.45, 2.75) is 106 Å². The second kappa shape index (κ2) is 14.9. The first kappa shape index (κ1) is 27.0. The average Bonchev–Trinajstić information content (AvgIpc) is 2.67. The zero-order valence-electron chi connectivity index (χ0n) is 20.6. The third-order valence-electron chi connectivity index (χ3n) is 6.31. The van der Waals surface area contributed by atoms with Crippen LogP contribution in [0.15, 0.2) is 0 Å². The van der Waals surface area contributed by atoms with Crippen LogP contribution in [0.5, 0.6) is 0 Å². The predicted octanol–water partition coefficient (Wildman–Crippen LogP) is 6.80. The molecule has 0 radical (unpaired) electrons. The summed E-state index contributed by atoms with van der Waals surface area (Å²) in [5.74, 6) is 2.58. The second-order valence-corrected chi connectivity index (χ2v) is 10.6. The van der Waals surface area contributed by atoms with E-state index < -0.39 is 0 Å². The summed E-state index contributed by atoms with van der Waals surface area (Å²) in [7, 11) is 0. The number of carbonyl (C=O) groups is 2. The third-order valence-corrected chi connectivity index (χ3v) is 6.31. The lowest BCUT2D eigenvalue weighted by Gasteiger charge is -2.26. The molecular formula is C26H48O4. The lowest BCUT2D eigenvalue weighted by atomic mass is 9.82. The molecule has 0 saturated heterocycles. The zero-order chi connectivity index (χ0) is 22.5. The molecule has 30 heavy (non-hydrogen) atoms. The van der Waals surface area contributed by atoms with Crippen LogP contribution in [0.1, 0.15) is 106 Å². The molecule has 4 heteroatoms. The molecule has 0 aliphatic heterocycles. The van der Waals surface area contributed by atoms with Crippen LogP contribution in [0.3, 0.4) is 0 Å². The van der Waals surface area contributed by atoms with Gasteiger partial charge in [0.25, 0.3) is 0 Å². The second-order valence-electron chi connectivity index (χ2n) is 10.6. The van der Waals surface area contributed by atoms with Gasteiger partial charge in [-0.25, -0.2) is 0 Å². The highest BCUT2D eigenvalue weighted by Gasteiger charge is 2.31. The Morgan fingerprint density at radius 1 is 0.667 bits per heavy atom. The summed E-state index contributed by atoms with van der Waals surface area (Å²) in [6.07, 6.45) is 9.54. The minimum atomic E-state index is -0.0718. The van der Waals surface area contributed by atoms with Crippen LogP contribution in [-0.2, 0) is 19.1 Å². The van der Waals surface area contributed by atoms with Crippen LogP contribution in [0, 0.1) is 35.5 Å². The Hall–Kier alpha value is -1.06. The fourth-order valence-electron chi connectivity index (χ4n) is 4.85. The van der Waals surface area contributed by atoms with E-state index in [9.17, 15) is 9.59 Å². The molecule has 4 nitrogen and oxygen atoms in total. The number of hydrogen-bond donors (Lipinski definition) is 0. The van der Waals surface area contributed by atoms with Crippen molar-refractivity contribution in [3.05, 3.63) is 0 Å². The van der Waals surface area contributed by atoms with Crippen LogP contribution in [-0.4, -0.2) is 25.2 Å². The van der Waals surface area contributed by atoms with Gasteiger partial charge in [0.1, 0.15) is 0 Å². The van der Waals surface area contributed by atoms with Crippen molar-refractivity contribution in [1.82, 2.24) is 0 Å². The topological polar surface area (TPSA) is 52.6 Å². The Labute approximate surface area is 185 Å². The lowest BCUT2D eigenvalue weighted by Crippen LogP contribution is -2.28. The van der Waals surface area contributed by atoms with E-state index in [2.05, 4.69) is 41.5 Å². The van der Waals surface area contributed by atoms with Crippen molar-refractivity contribution in [2.75, 3.05) is 13.2 Å². The molecule has 0 spiro atoms. The van der Waals surface area contributed by atoms with E-state index in [1.165, 1.54) is 12.8 Å². The van der Waals surface area contributed by atoms with Crippen LogP contribution < -0.4 is 0 Å². The maximum absolute atomic E-state index is 12.3. The van der Waals surface area contributed by atoms with E-state index in [1.807, 2.05) is 0 Å². The molecular weight excluding hydrogens is 376 g/mol. The maximum Gasteiger partial charge on any atom is 0.308 e. The van der Waals surface area contributed by atoms with Gasteiger partial charge in [0.2, 0.25) is 0 Å². The lowest BCUT2D eigenvalue weighted by molar-refractivity contribution is -0.155. The molecule has 1 aliphatic carbocycles. The number of hydrogen-bond acceptors (Lipinski definition) is 4. The van der Waals surface area contributed by atoms with Crippen LogP contribution >= 0.6 is 0 Å². The van der Waals surface area contributed by atoms with Gasteiger partial charge in [-0.3, -0.25) is 9.59 Å². The molecule has 0 amide bonds. The Kier molecular flexibility index (Phi) is 13.4. The van der Waals surface area contributed by atoms with Gasteiger partial charge in [0.15, 0.2) is 0 Å². The highest BCUT2D eigenvalue weighted by Crippen LogP contribution is 2.30. The van der Waals surface area contributed by atoms with Gasteiger partial charge in [-0.05, 0) is 87.9 Å². The Morgan fingerprint density at radius 2 is 1.00 bits per heavy atom. The average molecular weight is 425 g/mol. The summed E-state index contributed by atoms with van der Waals surface area (Å²) >= 11 is 0. The van der Waals surface area contributed by atoms with E-state index in [-0.39, 0.29) is 23.8 Å². The van der Waals surface area contributed by atoms with Crippen LogP contribution in [0.25, 0.3) is 0 Å². The molecule has 176 valence electrons. The van der Waals surface area contributed by atoms with Gasteiger partial charge >= 0.3 is 11.9 Å². The molecule has 1 saturated carbocycles. The molecule has 0 N–H and O–H groups in total. The normalized spacial score (nSPS) is 21.5. The Balaban J connectivity index is 2.13. The number of carbonyl (C=O) groups excluding carboxylic acids is 2. The van der Waals surface area contributed by atoms with Crippen molar-refractivity contribution in [2.24, 2.45) is 35.5 Å². The quantitative estimate of drug-likeness (QED) is 0.227. The fraction of sp³-hybridized carbons (Fsp3) is 0.923. The number of ether oxygens (including phenoxy) is 2. The summed E-state index contributed by atoms with van der Waals surface area (Å²) in [6.45, 7) is 14.6. The first-order valence-corrected chi connectivity index (χ1v) is 12.5. The summed E-state index contributed by atoms with van der Waals surface area (Å²) in [6, 6.07) is 0. The smallest absolute Gasteiger partial charge is 0.308 e. The van der Waals surface area contributed by atoms with Gasteiger partial charge < -0.3 is 9.47 Å². The molecule has 0 aromatic heterocycles. The summed E-state index contributed by atoms with van der Waals surface area (Å²) in [5, 5.41) is 0. The van der Waals surface area contributed by atoms with E-state index in [0.717, 1.165) is 63.2 Å². The largest absolute Gasteiger partial charge is 0.465 e. The summed E-state index contributed by atoms with van der Waals surface area (Å²) in [5.41, 5.74) is 0. The summed E-state index contributed by atoms with van der Waals surface area (Å²) < 4.78 is 11.0. The molecule has 2 atom stereocenters. The van der Waals surface area contributed by atoms with Crippen molar-refractivity contribution >= 4 is 11.9 Å². The number of esters is 2. The van der Waals surface area contributed by atoms with Gasteiger partial charge in [-0.15, -0.1) is 0 Å². The molecule has 0 aromatic rings. The monoisotopic (exact) mass is 424 g/mol. The summed E-state index contributed by atoms with van der Waals surface area (Å²) in [4.78, 5) is 24.6. The highest BCUT2D eigenvalue weighted by molar-refractivity contribution is 5.75. The molecule has 1 aliphatic rings. The van der Waals surface area contributed by atoms with Crippen molar-refractivity contribution in [3.63, 3.8) is 0 Å². The maximum atomic E-state index is 12.3. The van der Waals surface area contributed by atoms with E-state index in [1.54, 1.807) is 0 Å². The van der Waals surface area contributed by atoms with Gasteiger partial charge in [-0.2, -0.15) is 0 Å². The Bertz CT molecular complexity index is 433. The first-order valence-electron chi connectivity index (χ1n) is 12.5. The highest BCUT2D eigenvalue weighted by atomic mass is 16.5. The van der Waals surface area contributed by atoms with E-state index in [4.69, 9.17) is 9.47 Å². The Morgan fingerprint density at radius 3 is 1.30 bits per heavy atom. The fourth-order valence-corrected chi connectivity index (χ4v) is 4.85. The van der Waals surface area contributed by atoms with Crippen molar-refractivity contribution in [3.8, 4) is 0 Å². The number of rotatable bonds is 14. The van der Waals surface area contributed by atoms with Gasteiger partial charge in [0.05, 0.1) is 25.0 Å². The van der Waals surface area contributed by atoms with Crippen LogP contribution in [0.2, 0.25) is 0 Å². The predicted molar refractivity (Wildman–Crippen MR) is 123 cm³/mol. The van der Waals surface area contributed by atoms with Crippen molar-refractivity contribution < 1.29 is 19.1 Å². The molecule has 0 heterocycles. The minimum absolute atomic E-state index is 0.0426. The SMILES string of the molecule is CC(C)CC(C)CCCOC(=O)C1CCC(C(=O)OCCCC(C)CC(C)C)CC1. The molecule has 0 bridgehead atoms. The van der Waals surface area contributed by atoms with Crippen LogP contribution in [0.4, 0.5) is 0 Å². The molecule has 0 aromatic carbocycles. The van der Waals surface area contributed by atoms with Gasteiger partial charge in [0, 0.05) is 0 Å². The van der Waals surface area contributed by atoms with E-state index in [0.29, 0.717) is 25.0 Å². The minimum Gasteiger partial charge on any atom is -0.465 e. The van der Waals surface area contributed by atoms with Gasteiger partial charge in [-0.1, -0.05) is 41.5 Å². The van der Waals surface area contributed by atoms with E-state index >= 15 is 0 Å². The molecule has 2 unspecified atom stereocenters. The van der Waals surface area contributed by atoms with Crippen molar-refractivity contribution in [1.29, 1.82) is 0 Å². The standard InChI is InChI=1S/C26H48O4/c1-19(2)17-21(5)9-7-15-29-25(27)23-11-13-24(14-12-23)26(28)30-16-8-10-22(6)18-20(3)4/h19-24H,7-18H2,1-6H3. The molecule has 1 fully saturated rings. The third kappa shape index (κ3) is 12.0. The first-order chi connectivity index (χ1) is 14.2. The zero-order valence-corrected chi connectivity index (χ0v) is 20.6.